The molecule has 22 heavy (non-hydrogen) atoms. The average molecular weight is 297 g/mol. The molecule has 0 heterocycles. The first-order valence-electron chi connectivity index (χ1n) is 7.12. The van der Waals surface area contributed by atoms with Crippen molar-refractivity contribution in [3.8, 4) is 5.75 Å². The van der Waals surface area contributed by atoms with Crippen LogP contribution in [0.15, 0.2) is 47.5 Å². The molecule has 2 rings (SSSR count). The zero-order valence-electron chi connectivity index (χ0n) is 13.0. The molecule has 0 amide bonds. The molecule has 4 heteroatoms. The first-order chi connectivity index (χ1) is 10.6. The fraction of sp³-hybridized carbons (Fsp3) is 0.222. The minimum atomic E-state index is -0.963. The van der Waals surface area contributed by atoms with Crippen molar-refractivity contribution in [1.82, 2.24) is 0 Å². The van der Waals surface area contributed by atoms with Crippen molar-refractivity contribution < 1.29 is 14.6 Å². The summed E-state index contributed by atoms with van der Waals surface area (Å²) in [4.78, 5) is 16.2. The molecule has 0 aliphatic carbocycles. The van der Waals surface area contributed by atoms with Gasteiger partial charge in [0.05, 0.1) is 18.4 Å². The summed E-state index contributed by atoms with van der Waals surface area (Å²) in [5, 5.41) is 9.47. The van der Waals surface area contributed by atoms with Crippen LogP contribution in [0.25, 0.3) is 0 Å². The Morgan fingerprint density at radius 3 is 2.41 bits per heavy atom. The van der Waals surface area contributed by atoms with E-state index in [2.05, 4.69) is 4.99 Å². The summed E-state index contributed by atoms with van der Waals surface area (Å²) in [6, 6.07) is 12.8. The van der Waals surface area contributed by atoms with Crippen molar-refractivity contribution >= 4 is 17.4 Å². The van der Waals surface area contributed by atoms with Gasteiger partial charge in [0.15, 0.2) is 0 Å². The highest BCUT2D eigenvalue weighted by atomic mass is 16.5. The fourth-order valence-corrected chi connectivity index (χ4v) is 2.43. The van der Waals surface area contributed by atoms with Gasteiger partial charge in [-0.05, 0) is 37.6 Å². The van der Waals surface area contributed by atoms with E-state index in [1.54, 1.807) is 19.2 Å². The second-order valence-electron chi connectivity index (χ2n) is 4.87. The molecule has 114 valence electrons. The summed E-state index contributed by atoms with van der Waals surface area (Å²) in [5.74, 6) is -0.302. The number of carbonyl (C=O) groups is 1. The molecule has 0 unspecified atom stereocenters. The molecule has 0 saturated carbocycles. The number of carboxylic acid groups (broad SMARTS) is 1. The first-order valence-corrected chi connectivity index (χ1v) is 7.12. The molecule has 2 aromatic rings. The lowest BCUT2D eigenvalue weighted by atomic mass is 9.95. The molecule has 0 radical (unpaired) electrons. The van der Waals surface area contributed by atoms with Gasteiger partial charge in [0, 0.05) is 16.8 Å². The SMILES string of the molecule is CCC(=Nc1ccccc1)c1c(C(=O)O)ccc(OC)c1C. The minimum absolute atomic E-state index is 0.245. The van der Waals surface area contributed by atoms with Crippen LogP contribution in [0.4, 0.5) is 5.69 Å². The quantitative estimate of drug-likeness (QED) is 0.840. The molecule has 0 aliphatic heterocycles. The number of aliphatic imine (C=N–C) groups is 1. The fourth-order valence-electron chi connectivity index (χ4n) is 2.43. The van der Waals surface area contributed by atoms with Crippen LogP contribution in [0.1, 0.15) is 34.8 Å². The number of nitrogens with zero attached hydrogens (tertiary/aromatic N) is 1. The Kier molecular flexibility index (Phi) is 4.94. The van der Waals surface area contributed by atoms with Gasteiger partial charge in [0.1, 0.15) is 5.75 Å². The molecule has 0 atom stereocenters. The van der Waals surface area contributed by atoms with Crippen molar-refractivity contribution in [2.45, 2.75) is 20.3 Å². The number of carboxylic acids is 1. The molecular formula is C18H19NO3. The van der Waals surface area contributed by atoms with E-state index < -0.39 is 5.97 Å². The highest BCUT2D eigenvalue weighted by molar-refractivity contribution is 6.10. The molecule has 2 aromatic carbocycles. The van der Waals surface area contributed by atoms with Gasteiger partial charge >= 0.3 is 5.97 Å². The number of aromatic carboxylic acids is 1. The van der Waals surface area contributed by atoms with E-state index in [1.165, 1.54) is 0 Å². The summed E-state index contributed by atoms with van der Waals surface area (Å²) in [6.45, 7) is 3.82. The van der Waals surface area contributed by atoms with Crippen LogP contribution in [-0.2, 0) is 0 Å². The summed E-state index contributed by atoms with van der Waals surface area (Å²) >= 11 is 0. The Hall–Kier alpha value is -2.62. The molecule has 0 spiro atoms. The van der Waals surface area contributed by atoms with Gasteiger partial charge in [-0.1, -0.05) is 25.1 Å². The normalized spacial score (nSPS) is 11.3. The van der Waals surface area contributed by atoms with E-state index in [-0.39, 0.29) is 5.56 Å². The molecule has 0 aliphatic rings. The summed E-state index contributed by atoms with van der Waals surface area (Å²) in [7, 11) is 1.58. The number of methoxy groups -OCH3 is 1. The maximum absolute atomic E-state index is 11.6. The standard InChI is InChI=1S/C18H19NO3/c1-4-15(19-13-8-6-5-7-9-13)17-12(2)16(22-3)11-10-14(17)18(20)21/h5-11H,4H2,1-3H3,(H,20,21). The summed E-state index contributed by atoms with van der Waals surface area (Å²) in [5.41, 5.74) is 3.21. The summed E-state index contributed by atoms with van der Waals surface area (Å²) in [6.07, 6.45) is 0.628. The van der Waals surface area contributed by atoms with E-state index in [0.717, 1.165) is 17.0 Å². The Morgan fingerprint density at radius 2 is 1.86 bits per heavy atom. The maximum Gasteiger partial charge on any atom is 0.336 e. The van der Waals surface area contributed by atoms with Gasteiger partial charge in [0.2, 0.25) is 0 Å². The molecule has 4 nitrogen and oxygen atoms in total. The lowest BCUT2D eigenvalue weighted by molar-refractivity contribution is 0.0696. The Labute approximate surface area is 130 Å². The van der Waals surface area contributed by atoms with Gasteiger partial charge in [-0.2, -0.15) is 0 Å². The largest absolute Gasteiger partial charge is 0.496 e. The number of hydrogen-bond acceptors (Lipinski definition) is 3. The monoisotopic (exact) mass is 297 g/mol. The minimum Gasteiger partial charge on any atom is -0.496 e. The third-order valence-electron chi connectivity index (χ3n) is 3.51. The van der Waals surface area contributed by atoms with Crippen LogP contribution >= 0.6 is 0 Å². The van der Waals surface area contributed by atoms with Crippen LogP contribution in [0, 0.1) is 6.92 Å². The zero-order chi connectivity index (χ0) is 16.1. The third-order valence-corrected chi connectivity index (χ3v) is 3.51. The van der Waals surface area contributed by atoms with Gasteiger partial charge in [-0.15, -0.1) is 0 Å². The van der Waals surface area contributed by atoms with E-state index in [0.29, 0.717) is 17.7 Å². The van der Waals surface area contributed by atoms with Gasteiger partial charge < -0.3 is 9.84 Å². The van der Waals surface area contributed by atoms with Crippen LogP contribution in [-0.4, -0.2) is 23.9 Å². The molecular weight excluding hydrogens is 278 g/mol. The van der Waals surface area contributed by atoms with Crippen LogP contribution in [0.5, 0.6) is 5.75 Å². The van der Waals surface area contributed by atoms with Crippen molar-refractivity contribution in [2.24, 2.45) is 4.99 Å². The molecule has 0 saturated heterocycles. The third kappa shape index (κ3) is 3.17. The number of ether oxygens (including phenoxy) is 1. The second kappa shape index (κ2) is 6.89. The number of para-hydroxylation sites is 1. The second-order valence-corrected chi connectivity index (χ2v) is 4.87. The van der Waals surface area contributed by atoms with Gasteiger partial charge in [-0.3, -0.25) is 4.99 Å². The van der Waals surface area contributed by atoms with Crippen molar-refractivity contribution in [1.29, 1.82) is 0 Å². The topological polar surface area (TPSA) is 58.9 Å². The average Bonchev–Trinajstić information content (AvgIpc) is 2.53. The molecule has 1 N–H and O–H groups in total. The van der Waals surface area contributed by atoms with Crippen LogP contribution in [0.2, 0.25) is 0 Å². The van der Waals surface area contributed by atoms with E-state index in [1.807, 2.05) is 44.2 Å². The smallest absolute Gasteiger partial charge is 0.336 e. The van der Waals surface area contributed by atoms with Crippen molar-refractivity contribution in [2.75, 3.05) is 7.11 Å². The van der Waals surface area contributed by atoms with Crippen molar-refractivity contribution in [3.05, 3.63) is 59.2 Å². The highest BCUT2D eigenvalue weighted by Gasteiger charge is 2.19. The molecule has 0 bridgehead atoms. The Bertz CT molecular complexity index is 706. The lowest BCUT2D eigenvalue weighted by Gasteiger charge is -2.15. The maximum atomic E-state index is 11.6. The number of rotatable bonds is 5. The van der Waals surface area contributed by atoms with E-state index in [4.69, 9.17) is 4.74 Å². The number of benzene rings is 2. The van der Waals surface area contributed by atoms with E-state index in [9.17, 15) is 9.90 Å². The Morgan fingerprint density at radius 1 is 1.18 bits per heavy atom. The van der Waals surface area contributed by atoms with Crippen LogP contribution < -0.4 is 4.74 Å². The summed E-state index contributed by atoms with van der Waals surface area (Å²) < 4.78 is 5.32. The Balaban J connectivity index is 2.66. The predicted molar refractivity (Wildman–Crippen MR) is 87.6 cm³/mol. The number of hydrogen-bond donors (Lipinski definition) is 1. The predicted octanol–water partition coefficient (Wildman–Crippen LogP) is 4.23. The lowest BCUT2D eigenvalue weighted by Crippen LogP contribution is -2.12. The van der Waals surface area contributed by atoms with E-state index >= 15 is 0 Å². The molecule has 0 aromatic heterocycles. The van der Waals surface area contributed by atoms with Gasteiger partial charge in [-0.25, -0.2) is 4.79 Å². The van der Waals surface area contributed by atoms with Crippen molar-refractivity contribution in [3.63, 3.8) is 0 Å². The van der Waals surface area contributed by atoms with Crippen LogP contribution in [0.3, 0.4) is 0 Å². The first kappa shape index (κ1) is 15.8. The van der Waals surface area contributed by atoms with Gasteiger partial charge in [0.25, 0.3) is 0 Å². The molecule has 0 fully saturated rings. The highest BCUT2D eigenvalue weighted by Crippen LogP contribution is 2.27. The zero-order valence-corrected chi connectivity index (χ0v) is 13.0.